The third-order valence-corrected chi connectivity index (χ3v) is 6.08. The lowest BCUT2D eigenvalue weighted by molar-refractivity contribution is -0.125. The van der Waals surface area contributed by atoms with Crippen molar-refractivity contribution in [2.24, 2.45) is 0 Å². The second-order valence-electron chi connectivity index (χ2n) is 6.96. The first-order valence-electron chi connectivity index (χ1n) is 9.60. The van der Waals surface area contributed by atoms with Crippen molar-refractivity contribution in [1.29, 1.82) is 0 Å². The number of aryl methyl sites for hydroxylation is 2. The minimum atomic E-state index is -0.486. The van der Waals surface area contributed by atoms with Crippen LogP contribution < -0.4 is 5.32 Å². The van der Waals surface area contributed by atoms with Gasteiger partial charge in [-0.25, -0.2) is 9.78 Å². The molecule has 0 atom stereocenters. The first-order chi connectivity index (χ1) is 13.1. The number of aromatic nitrogens is 1. The predicted molar refractivity (Wildman–Crippen MR) is 107 cm³/mol. The molecule has 1 amide bonds. The summed E-state index contributed by atoms with van der Waals surface area (Å²) in [7, 11) is 0. The second kappa shape index (κ2) is 9.13. The molecule has 1 saturated carbocycles. The summed E-state index contributed by atoms with van der Waals surface area (Å²) in [5.41, 5.74) is 2.87. The number of nitrogens with one attached hydrogen (secondary N) is 1. The van der Waals surface area contributed by atoms with Crippen molar-refractivity contribution in [2.75, 3.05) is 6.61 Å². The van der Waals surface area contributed by atoms with E-state index in [0.717, 1.165) is 42.7 Å². The molecule has 0 saturated heterocycles. The Labute approximate surface area is 164 Å². The number of thiazole rings is 1. The molecule has 1 aromatic heterocycles. The van der Waals surface area contributed by atoms with E-state index >= 15 is 0 Å². The highest BCUT2D eigenvalue weighted by Crippen LogP contribution is 2.28. The smallest absolute Gasteiger partial charge is 0.350 e. The van der Waals surface area contributed by atoms with Crippen molar-refractivity contribution >= 4 is 23.2 Å². The largest absolute Gasteiger partial charge is 0.451 e. The molecule has 144 valence electrons. The molecule has 0 spiro atoms. The average molecular weight is 387 g/mol. The Morgan fingerprint density at radius 3 is 2.56 bits per heavy atom. The van der Waals surface area contributed by atoms with Crippen molar-refractivity contribution in [3.63, 3.8) is 0 Å². The fourth-order valence-corrected chi connectivity index (χ4v) is 4.27. The van der Waals surface area contributed by atoms with Crippen LogP contribution in [0.2, 0.25) is 0 Å². The summed E-state index contributed by atoms with van der Waals surface area (Å²) in [4.78, 5) is 29.3. The Hall–Kier alpha value is -2.21. The molecule has 0 bridgehead atoms. The Kier molecular flexibility index (Phi) is 6.61. The summed E-state index contributed by atoms with van der Waals surface area (Å²) in [5, 5.41) is 3.74. The first kappa shape index (κ1) is 19.5. The molecule has 0 aliphatic heterocycles. The van der Waals surface area contributed by atoms with Gasteiger partial charge in [-0.2, -0.15) is 0 Å². The number of esters is 1. The summed E-state index contributed by atoms with van der Waals surface area (Å²) >= 11 is 1.30. The normalized spacial score (nSPS) is 14.7. The molecule has 1 aromatic carbocycles. The van der Waals surface area contributed by atoms with E-state index in [9.17, 15) is 9.59 Å². The van der Waals surface area contributed by atoms with Gasteiger partial charge in [-0.05, 0) is 31.7 Å². The third kappa shape index (κ3) is 5.16. The van der Waals surface area contributed by atoms with Gasteiger partial charge >= 0.3 is 5.97 Å². The van der Waals surface area contributed by atoms with E-state index in [-0.39, 0.29) is 18.6 Å². The summed E-state index contributed by atoms with van der Waals surface area (Å²) in [6.45, 7) is 3.66. The van der Waals surface area contributed by atoms with Crippen LogP contribution in [0.5, 0.6) is 0 Å². The number of nitrogens with zero attached hydrogens (tertiary/aromatic N) is 1. The van der Waals surface area contributed by atoms with Gasteiger partial charge in [0.25, 0.3) is 5.91 Å². The second-order valence-corrected chi connectivity index (χ2v) is 7.96. The molecular formula is C21H26N2O3S. The summed E-state index contributed by atoms with van der Waals surface area (Å²) in [6.07, 6.45) is 6.52. The molecule has 1 aliphatic carbocycles. The van der Waals surface area contributed by atoms with Gasteiger partial charge in [0.1, 0.15) is 9.88 Å². The SMILES string of the molecule is CCc1ccc(-c2nc(C)c(C(=O)OCC(=O)NC3CCCCC3)s2)cc1. The Morgan fingerprint density at radius 1 is 1.19 bits per heavy atom. The average Bonchev–Trinajstić information content (AvgIpc) is 3.09. The zero-order chi connectivity index (χ0) is 19.2. The standard InChI is InChI=1S/C21H26N2O3S/c1-3-15-9-11-16(12-10-15)20-22-14(2)19(27-20)21(25)26-13-18(24)23-17-7-5-4-6-8-17/h9-12,17H,3-8,13H2,1-2H3,(H,23,24). The number of rotatable bonds is 6. The highest BCUT2D eigenvalue weighted by Gasteiger charge is 2.20. The van der Waals surface area contributed by atoms with Gasteiger partial charge in [-0.3, -0.25) is 4.79 Å². The molecule has 27 heavy (non-hydrogen) atoms. The Morgan fingerprint density at radius 2 is 1.89 bits per heavy atom. The van der Waals surface area contributed by atoms with Crippen molar-refractivity contribution in [3.8, 4) is 10.6 Å². The summed E-state index contributed by atoms with van der Waals surface area (Å²) in [5.74, 6) is -0.715. The van der Waals surface area contributed by atoms with Crippen LogP contribution in [-0.2, 0) is 16.0 Å². The van der Waals surface area contributed by atoms with Gasteiger partial charge in [0.15, 0.2) is 6.61 Å². The Balaban J connectivity index is 1.57. The van der Waals surface area contributed by atoms with Gasteiger partial charge in [-0.1, -0.05) is 50.5 Å². The number of benzene rings is 1. The zero-order valence-electron chi connectivity index (χ0n) is 15.9. The lowest BCUT2D eigenvalue weighted by Crippen LogP contribution is -2.38. The van der Waals surface area contributed by atoms with Gasteiger partial charge in [0, 0.05) is 11.6 Å². The van der Waals surface area contributed by atoms with Gasteiger partial charge in [0.2, 0.25) is 0 Å². The van der Waals surface area contributed by atoms with Crippen LogP contribution >= 0.6 is 11.3 Å². The third-order valence-electron chi connectivity index (χ3n) is 4.90. The van der Waals surface area contributed by atoms with E-state index in [1.165, 1.54) is 23.3 Å². The maximum Gasteiger partial charge on any atom is 0.350 e. The maximum atomic E-state index is 12.4. The molecule has 2 aromatic rings. The Bertz CT molecular complexity index is 792. The number of carbonyl (C=O) groups is 2. The molecular weight excluding hydrogens is 360 g/mol. The quantitative estimate of drug-likeness (QED) is 0.752. The number of carbonyl (C=O) groups excluding carboxylic acids is 2. The van der Waals surface area contributed by atoms with Crippen molar-refractivity contribution in [2.45, 2.75) is 58.4 Å². The van der Waals surface area contributed by atoms with E-state index in [0.29, 0.717) is 10.6 Å². The van der Waals surface area contributed by atoms with Crippen LogP contribution in [0.3, 0.4) is 0 Å². The fourth-order valence-electron chi connectivity index (χ4n) is 3.31. The molecule has 0 radical (unpaired) electrons. The fraction of sp³-hybridized carbons (Fsp3) is 0.476. The number of amides is 1. The molecule has 1 fully saturated rings. The first-order valence-corrected chi connectivity index (χ1v) is 10.4. The van der Waals surface area contributed by atoms with Crippen molar-refractivity contribution < 1.29 is 14.3 Å². The van der Waals surface area contributed by atoms with Gasteiger partial charge in [-0.15, -0.1) is 11.3 Å². The maximum absolute atomic E-state index is 12.4. The molecule has 1 heterocycles. The highest BCUT2D eigenvalue weighted by atomic mass is 32.1. The van der Waals surface area contributed by atoms with E-state index < -0.39 is 5.97 Å². The van der Waals surface area contributed by atoms with Crippen LogP contribution in [0.1, 0.15) is 60.0 Å². The minimum absolute atomic E-state index is 0.216. The monoisotopic (exact) mass is 386 g/mol. The highest BCUT2D eigenvalue weighted by molar-refractivity contribution is 7.17. The van der Waals surface area contributed by atoms with Crippen molar-refractivity contribution in [1.82, 2.24) is 10.3 Å². The number of hydrogen-bond acceptors (Lipinski definition) is 5. The summed E-state index contributed by atoms with van der Waals surface area (Å²) < 4.78 is 5.22. The van der Waals surface area contributed by atoms with Crippen LogP contribution in [0.4, 0.5) is 0 Å². The van der Waals surface area contributed by atoms with E-state index in [1.807, 2.05) is 12.1 Å². The minimum Gasteiger partial charge on any atom is -0.451 e. The lowest BCUT2D eigenvalue weighted by atomic mass is 9.95. The van der Waals surface area contributed by atoms with E-state index in [4.69, 9.17) is 4.74 Å². The van der Waals surface area contributed by atoms with Crippen molar-refractivity contribution in [3.05, 3.63) is 40.4 Å². The number of hydrogen-bond donors (Lipinski definition) is 1. The lowest BCUT2D eigenvalue weighted by Gasteiger charge is -2.22. The van der Waals surface area contributed by atoms with Gasteiger partial charge in [0.05, 0.1) is 5.69 Å². The molecule has 6 heteroatoms. The number of ether oxygens (including phenoxy) is 1. The zero-order valence-corrected chi connectivity index (χ0v) is 16.7. The van der Waals surface area contributed by atoms with Crippen LogP contribution in [0.25, 0.3) is 10.6 Å². The summed E-state index contributed by atoms with van der Waals surface area (Å²) in [6, 6.07) is 8.39. The van der Waals surface area contributed by atoms with E-state index in [2.05, 4.69) is 29.4 Å². The molecule has 1 aliphatic rings. The van der Waals surface area contributed by atoms with E-state index in [1.54, 1.807) is 6.92 Å². The molecule has 5 nitrogen and oxygen atoms in total. The molecule has 1 N–H and O–H groups in total. The van der Waals surface area contributed by atoms with Crippen LogP contribution in [0, 0.1) is 6.92 Å². The van der Waals surface area contributed by atoms with Crippen LogP contribution in [0.15, 0.2) is 24.3 Å². The van der Waals surface area contributed by atoms with Gasteiger partial charge < -0.3 is 10.1 Å². The topological polar surface area (TPSA) is 68.3 Å². The molecule has 3 rings (SSSR count). The molecule has 0 unspecified atom stereocenters. The predicted octanol–water partition coefficient (Wildman–Crippen LogP) is 4.29. The van der Waals surface area contributed by atoms with Crippen LogP contribution in [-0.4, -0.2) is 29.5 Å².